The van der Waals surface area contributed by atoms with Gasteiger partial charge in [-0.1, -0.05) is 65.2 Å². The van der Waals surface area contributed by atoms with Crippen molar-refractivity contribution in [2.24, 2.45) is 0 Å². The van der Waals surface area contributed by atoms with E-state index >= 15 is 0 Å². The Bertz CT molecular complexity index is 1820. The van der Waals surface area contributed by atoms with Crippen molar-refractivity contribution in [1.82, 2.24) is 24.1 Å². The van der Waals surface area contributed by atoms with Crippen molar-refractivity contribution in [1.29, 1.82) is 0 Å². The highest BCUT2D eigenvalue weighted by Crippen LogP contribution is 2.31. The molecule has 0 radical (unpaired) electrons. The summed E-state index contributed by atoms with van der Waals surface area (Å²) < 4.78 is 3.49. The van der Waals surface area contributed by atoms with Crippen LogP contribution >= 0.6 is 23.2 Å². The molecule has 0 saturated heterocycles. The summed E-state index contributed by atoms with van der Waals surface area (Å²) in [7, 11) is 0. The average molecular weight is 500 g/mol. The van der Waals surface area contributed by atoms with Crippen molar-refractivity contribution >= 4 is 56.4 Å². The molecule has 6 rings (SSSR count). The number of benzene rings is 3. The van der Waals surface area contributed by atoms with E-state index in [0.29, 0.717) is 61.3 Å². The van der Waals surface area contributed by atoms with Gasteiger partial charge in [0.15, 0.2) is 11.3 Å². The van der Waals surface area contributed by atoms with Crippen LogP contribution in [-0.2, 0) is 6.54 Å². The van der Waals surface area contributed by atoms with Gasteiger partial charge in [-0.05, 0) is 49.7 Å². The fraction of sp³-hybridized carbons (Fsp3) is 0.111. The van der Waals surface area contributed by atoms with Gasteiger partial charge >= 0.3 is 0 Å². The zero-order chi connectivity index (χ0) is 24.3. The third kappa shape index (κ3) is 3.66. The molecule has 172 valence electrons. The first-order valence-electron chi connectivity index (χ1n) is 11.1. The molecule has 3 heterocycles. The first-order valence-corrected chi connectivity index (χ1v) is 11.8. The van der Waals surface area contributed by atoms with E-state index in [-0.39, 0.29) is 5.56 Å². The molecule has 6 nitrogen and oxygen atoms in total. The van der Waals surface area contributed by atoms with Crippen LogP contribution in [0.2, 0.25) is 10.0 Å². The van der Waals surface area contributed by atoms with Gasteiger partial charge in [0.25, 0.3) is 5.56 Å². The van der Waals surface area contributed by atoms with Gasteiger partial charge in [0.05, 0.1) is 23.3 Å². The Kier molecular flexibility index (Phi) is 5.09. The SMILES string of the molecule is Cc1ccc(Cn2c(C)nc3c(c2=O)c2nc4ccccc4nc2n3-c2cc(Cl)cc(Cl)c2)cc1. The van der Waals surface area contributed by atoms with Gasteiger partial charge in [0, 0.05) is 10.0 Å². The monoisotopic (exact) mass is 499 g/mol. The van der Waals surface area contributed by atoms with Crippen LogP contribution in [0.4, 0.5) is 0 Å². The van der Waals surface area contributed by atoms with Crippen LogP contribution < -0.4 is 5.56 Å². The zero-order valence-electron chi connectivity index (χ0n) is 19.0. The van der Waals surface area contributed by atoms with Crippen LogP contribution in [0.25, 0.3) is 38.9 Å². The standard InChI is InChI=1S/C27H19Cl2N5O/c1-15-7-9-17(10-8-15)14-33-16(2)30-25-23(27(33)35)24-26(32-22-6-4-3-5-21(22)31-24)34(25)20-12-18(28)11-19(29)13-20/h3-13H,14H2,1-2H3. The van der Waals surface area contributed by atoms with Crippen molar-refractivity contribution in [3.63, 3.8) is 0 Å². The van der Waals surface area contributed by atoms with Crippen molar-refractivity contribution in [2.75, 3.05) is 0 Å². The molecule has 0 saturated carbocycles. The van der Waals surface area contributed by atoms with Crippen LogP contribution in [0, 0.1) is 13.8 Å². The van der Waals surface area contributed by atoms with E-state index in [1.165, 1.54) is 0 Å². The lowest BCUT2D eigenvalue weighted by molar-refractivity contribution is 0.711. The van der Waals surface area contributed by atoms with Crippen LogP contribution in [0.15, 0.2) is 71.5 Å². The van der Waals surface area contributed by atoms with Crippen molar-refractivity contribution in [3.05, 3.63) is 104 Å². The summed E-state index contributed by atoms with van der Waals surface area (Å²) in [4.78, 5) is 28.5. The highest BCUT2D eigenvalue weighted by atomic mass is 35.5. The highest BCUT2D eigenvalue weighted by Gasteiger charge is 2.22. The van der Waals surface area contributed by atoms with Gasteiger partial charge in [-0.2, -0.15) is 0 Å². The molecule has 3 aromatic carbocycles. The predicted octanol–water partition coefficient (Wildman–Crippen LogP) is 6.26. The minimum absolute atomic E-state index is 0.172. The largest absolute Gasteiger partial charge is 0.292 e. The summed E-state index contributed by atoms with van der Waals surface area (Å²) in [5.41, 5.74) is 5.57. The minimum Gasteiger partial charge on any atom is -0.292 e. The number of fused-ring (bicyclic) bond motifs is 4. The summed E-state index contributed by atoms with van der Waals surface area (Å²) in [6.07, 6.45) is 0. The van der Waals surface area contributed by atoms with Gasteiger partial charge in [0.2, 0.25) is 0 Å². The zero-order valence-corrected chi connectivity index (χ0v) is 20.5. The summed E-state index contributed by atoms with van der Waals surface area (Å²) in [5.74, 6) is 0.588. The van der Waals surface area contributed by atoms with E-state index in [4.69, 9.17) is 38.2 Å². The van der Waals surface area contributed by atoms with Gasteiger partial charge < -0.3 is 0 Å². The number of para-hydroxylation sites is 2. The van der Waals surface area contributed by atoms with E-state index in [1.807, 2.05) is 66.9 Å². The maximum absolute atomic E-state index is 13.9. The highest BCUT2D eigenvalue weighted by molar-refractivity contribution is 6.35. The predicted molar refractivity (Wildman–Crippen MR) is 141 cm³/mol. The van der Waals surface area contributed by atoms with Crippen LogP contribution in [0.1, 0.15) is 17.0 Å². The second-order valence-electron chi connectivity index (χ2n) is 8.58. The van der Waals surface area contributed by atoms with Crippen molar-refractivity contribution in [2.45, 2.75) is 20.4 Å². The molecule has 0 amide bonds. The number of hydrogen-bond donors (Lipinski definition) is 0. The molecule has 0 bridgehead atoms. The molecule has 0 aliphatic carbocycles. The maximum atomic E-state index is 13.9. The Morgan fingerprint density at radius 3 is 2.14 bits per heavy atom. The number of nitrogens with zero attached hydrogens (tertiary/aromatic N) is 5. The average Bonchev–Trinajstić information content (AvgIpc) is 3.13. The Balaban J connectivity index is 1.72. The minimum atomic E-state index is -0.172. The smallest absolute Gasteiger partial charge is 0.265 e. The molecule has 3 aromatic heterocycles. The summed E-state index contributed by atoms with van der Waals surface area (Å²) in [6, 6.07) is 20.9. The lowest BCUT2D eigenvalue weighted by Crippen LogP contribution is -2.24. The molecule has 0 fully saturated rings. The second kappa shape index (κ2) is 8.18. The lowest BCUT2D eigenvalue weighted by atomic mass is 10.1. The van der Waals surface area contributed by atoms with Crippen LogP contribution in [0.5, 0.6) is 0 Å². The molecule has 6 aromatic rings. The topological polar surface area (TPSA) is 65.6 Å². The Labute approximate surface area is 210 Å². The van der Waals surface area contributed by atoms with Gasteiger partial charge in [-0.25, -0.2) is 15.0 Å². The number of halogens is 2. The fourth-order valence-corrected chi connectivity index (χ4v) is 4.92. The molecule has 0 aliphatic heterocycles. The number of aromatic nitrogens is 5. The Morgan fingerprint density at radius 1 is 0.800 bits per heavy atom. The van der Waals surface area contributed by atoms with Gasteiger partial charge in [-0.15, -0.1) is 0 Å². The molecule has 0 atom stereocenters. The number of aryl methyl sites for hydroxylation is 2. The third-order valence-electron chi connectivity index (χ3n) is 6.12. The molecule has 35 heavy (non-hydrogen) atoms. The van der Waals surface area contributed by atoms with E-state index in [9.17, 15) is 4.79 Å². The molecule has 0 N–H and O–H groups in total. The van der Waals surface area contributed by atoms with Crippen molar-refractivity contribution < 1.29 is 0 Å². The molecule has 0 unspecified atom stereocenters. The Hall–Kier alpha value is -3.74. The van der Waals surface area contributed by atoms with Gasteiger partial charge in [0.1, 0.15) is 16.7 Å². The third-order valence-corrected chi connectivity index (χ3v) is 6.56. The molecular weight excluding hydrogens is 481 g/mol. The van der Waals surface area contributed by atoms with Crippen LogP contribution in [-0.4, -0.2) is 24.1 Å². The van der Waals surface area contributed by atoms with E-state index in [2.05, 4.69) is 0 Å². The second-order valence-corrected chi connectivity index (χ2v) is 9.45. The summed E-state index contributed by atoms with van der Waals surface area (Å²) in [6.45, 7) is 4.28. The molecule has 0 aliphatic rings. The summed E-state index contributed by atoms with van der Waals surface area (Å²) >= 11 is 12.7. The molecular formula is C27H19Cl2N5O. The van der Waals surface area contributed by atoms with Gasteiger partial charge in [-0.3, -0.25) is 13.9 Å². The van der Waals surface area contributed by atoms with E-state index in [1.54, 1.807) is 22.8 Å². The number of hydrogen-bond acceptors (Lipinski definition) is 4. The molecule has 0 spiro atoms. The number of rotatable bonds is 3. The lowest BCUT2D eigenvalue weighted by Gasteiger charge is -2.12. The van der Waals surface area contributed by atoms with Crippen molar-refractivity contribution in [3.8, 4) is 5.69 Å². The quantitative estimate of drug-likeness (QED) is 0.288. The maximum Gasteiger partial charge on any atom is 0.265 e. The first-order chi connectivity index (χ1) is 16.9. The Morgan fingerprint density at radius 2 is 1.46 bits per heavy atom. The fourth-order valence-electron chi connectivity index (χ4n) is 4.41. The first kappa shape index (κ1) is 21.8. The van der Waals surface area contributed by atoms with E-state index in [0.717, 1.165) is 11.1 Å². The van der Waals surface area contributed by atoms with E-state index < -0.39 is 0 Å². The van der Waals surface area contributed by atoms with Crippen LogP contribution in [0.3, 0.4) is 0 Å². The normalized spacial score (nSPS) is 11.7. The summed E-state index contributed by atoms with van der Waals surface area (Å²) in [5, 5.41) is 1.36. The molecule has 8 heteroatoms.